The third kappa shape index (κ3) is 7.51. The molecule has 0 saturated carbocycles. The molecule has 0 atom stereocenters. The predicted octanol–water partition coefficient (Wildman–Crippen LogP) is 4.87. The van der Waals surface area contributed by atoms with Crippen LogP contribution in [0.5, 0.6) is 0 Å². The third-order valence-electron chi connectivity index (χ3n) is 4.49. The van der Waals surface area contributed by atoms with Gasteiger partial charge in [-0.2, -0.15) is 0 Å². The van der Waals surface area contributed by atoms with Gasteiger partial charge in [-0.3, -0.25) is 14.2 Å². The fraction of sp³-hybridized carbons (Fsp3) is 0.440. The van der Waals surface area contributed by atoms with E-state index >= 15 is 0 Å². The van der Waals surface area contributed by atoms with Crippen molar-refractivity contribution in [3.8, 4) is 0 Å². The molecule has 34 heavy (non-hydrogen) atoms. The van der Waals surface area contributed by atoms with Gasteiger partial charge in [0, 0.05) is 13.1 Å². The molecule has 2 heterocycles. The SMILES string of the molecule is C=C1c2c(Nc3ccc(C)cc3F)cc(=O)n(C)c2N=CN1OCCOC(C)(C)C.CC.CN. The number of hydrogen-bond donors (Lipinski definition) is 2. The van der Waals surface area contributed by atoms with Crippen LogP contribution in [0.1, 0.15) is 45.7 Å². The zero-order valence-electron chi connectivity index (χ0n) is 21.5. The Morgan fingerprint density at radius 2 is 1.79 bits per heavy atom. The Balaban J connectivity index is 0.00000137. The molecule has 3 N–H and O–H groups in total. The number of fused-ring (bicyclic) bond motifs is 1. The summed E-state index contributed by atoms with van der Waals surface area (Å²) in [5.74, 6) is -0.00454. The van der Waals surface area contributed by atoms with E-state index in [9.17, 15) is 9.18 Å². The van der Waals surface area contributed by atoms with E-state index in [2.05, 4.69) is 22.6 Å². The number of nitrogens with two attached hydrogens (primary N) is 1. The molecule has 1 aromatic heterocycles. The summed E-state index contributed by atoms with van der Waals surface area (Å²) < 4.78 is 21.4. The number of rotatable bonds is 6. The van der Waals surface area contributed by atoms with E-state index in [0.717, 1.165) is 5.56 Å². The van der Waals surface area contributed by atoms with Crippen LogP contribution in [0.2, 0.25) is 0 Å². The van der Waals surface area contributed by atoms with E-state index in [1.165, 1.54) is 35.1 Å². The van der Waals surface area contributed by atoms with Crippen LogP contribution in [0, 0.1) is 12.7 Å². The average Bonchev–Trinajstić information content (AvgIpc) is 2.79. The molecule has 1 aliphatic rings. The normalized spacial score (nSPS) is 12.3. The summed E-state index contributed by atoms with van der Waals surface area (Å²) in [6.45, 7) is 16.5. The molecule has 188 valence electrons. The van der Waals surface area contributed by atoms with E-state index in [-0.39, 0.29) is 16.8 Å². The minimum absolute atomic E-state index is 0.254. The summed E-state index contributed by atoms with van der Waals surface area (Å²) in [5, 5.41) is 4.43. The highest BCUT2D eigenvalue weighted by Gasteiger charge is 2.25. The van der Waals surface area contributed by atoms with Crippen LogP contribution in [-0.2, 0) is 16.6 Å². The largest absolute Gasteiger partial charge is 0.373 e. The molecule has 8 nitrogen and oxygen atoms in total. The fourth-order valence-electron chi connectivity index (χ4n) is 2.97. The number of benzene rings is 1. The smallest absolute Gasteiger partial charge is 0.254 e. The Morgan fingerprint density at radius 1 is 1.15 bits per heavy atom. The maximum absolute atomic E-state index is 14.4. The Kier molecular flexibility index (Phi) is 11.1. The number of nitrogens with zero attached hydrogens (tertiary/aromatic N) is 3. The molecule has 0 spiro atoms. The third-order valence-corrected chi connectivity index (χ3v) is 4.49. The first-order valence-corrected chi connectivity index (χ1v) is 11.2. The summed E-state index contributed by atoms with van der Waals surface area (Å²) in [6.07, 6.45) is 1.46. The zero-order chi connectivity index (χ0) is 26.1. The Hall–Kier alpha value is -3.01. The lowest BCUT2D eigenvalue weighted by molar-refractivity contribution is -0.0970. The second kappa shape index (κ2) is 13.0. The maximum atomic E-state index is 14.4. The number of ether oxygens (including phenoxy) is 1. The molecule has 0 amide bonds. The van der Waals surface area contributed by atoms with Crippen molar-refractivity contribution in [2.75, 3.05) is 25.6 Å². The summed E-state index contributed by atoms with van der Waals surface area (Å²) in [7, 11) is 3.12. The second-order valence-corrected chi connectivity index (χ2v) is 8.07. The van der Waals surface area contributed by atoms with Crippen LogP contribution in [0.4, 0.5) is 21.6 Å². The van der Waals surface area contributed by atoms with Gasteiger partial charge in [0.1, 0.15) is 18.0 Å². The summed E-state index contributed by atoms with van der Waals surface area (Å²) in [6, 6.07) is 6.23. The quantitative estimate of drug-likeness (QED) is 0.579. The van der Waals surface area contributed by atoms with Crippen molar-refractivity contribution in [1.82, 2.24) is 9.63 Å². The number of nitrogens with one attached hydrogen (secondary N) is 1. The number of pyridine rings is 1. The Bertz CT molecular complexity index is 1060. The molecular weight excluding hydrogens is 437 g/mol. The summed E-state index contributed by atoms with van der Waals surface area (Å²) in [4.78, 5) is 22.5. The van der Waals surface area contributed by atoms with Crippen LogP contribution < -0.4 is 16.6 Å². The second-order valence-electron chi connectivity index (χ2n) is 8.07. The monoisotopic (exact) mass is 475 g/mol. The zero-order valence-corrected chi connectivity index (χ0v) is 21.5. The summed E-state index contributed by atoms with van der Waals surface area (Å²) >= 11 is 0. The van der Waals surface area contributed by atoms with Crippen LogP contribution in [0.25, 0.3) is 5.70 Å². The average molecular weight is 476 g/mol. The van der Waals surface area contributed by atoms with Gasteiger partial charge < -0.3 is 15.8 Å². The minimum Gasteiger partial charge on any atom is -0.373 e. The van der Waals surface area contributed by atoms with Crippen molar-refractivity contribution >= 4 is 29.2 Å². The van der Waals surface area contributed by atoms with Crippen LogP contribution >= 0.6 is 0 Å². The number of halogens is 1. The van der Waals surface area contributed by atoms with Crippen molar-refractivity contribution < 1.29 is 14.0 Å². The van der Waals surface area contributed by atoms with Crippen molar-refractivity contribution in [3.05, 3.63) is 58.1 Å². The molecule has 1 aliphatic heterocycles. The Morgan fingerprint density at radius 3 is 2.38 bits per heavy atom. The summed E-state index contributed by atoms with van der Waals surface area (Å²) in [5.41, 5.74) is 6.44. The van der Waals surface area contributed by atoms with Crippen LogP contribution in [-0.4, -0.2) is 41.8 Å². The highest BCUT2D eigenvalue weighted by Crippen LogP contribution is 2.37. The van der Waals surface area contributed by atoms with E-state index in [4.69, 9.17) is 9.57 Å². The first-order chi connectivity index (χ1) is 16.1. The standard InChI is InChI=1S/C22H27FN4O3.C2H6.CH5N/c1-14-7-8-17(16(23)11-14)25-18-12-19(28)26(6)21-20(18)15(2)27(13-24-21)30-10-9-29-22(3,4)5;2*1-2/h7-8,11-13,25H,2,9-10H2,1,3-6H3;1-2H3;2H2,1H3. The Labute approximate surface area is 201 Å². The molecular formula is C25H38FN5O3. The first-order valence-electron chi connectivity index (χ1n) is 11.2. The van der Waals surface area contributed by atoms with Gasteiger partial charge >= 0.3 is 0 Å². The van der Waals surface area contributed by atoms with E-state index < -0.39 is 5.82 Å². The van der Waals surface area contributed by atoms with E-state index in [1.54, 1.807) is 19.2 Å². The number of hydrogen-bond acceptors (Lipinski definition) is 7. The molecule has 1 aromatic carbocycles. The predicted molar refractivity (Wildman–Crippen MR) is 138 cm³/mol. The van der Waals surface area contributed by atoms with Gasteiger partial charge in [-0.1, -0.05) is 26.5 Å². The van der Waals surface area contributed by atoms with Crippen LogP contribution in [0.3, 0.4) is 0 Å². The van der Waals surface area contributed by atoms with E-state index in [1.807, 2.05) is 41.5 Å². The molecule has 9 heteroatoms. The highest BCUT2D eigenvalue weighted by atomic mass is 19.1. The lowest BCUT2D eigenvalue weighted by atomic mass is 10.1. The topological polar surface area (TPSA) is 94.1 Å². The number of aryl methyl sites for hydroxylation is 1. The number of aliphatic imine (C=N–C) groups is 1. The first kappa shape index (κ1) is 29.0. The van der Waals surface area contributed by atoms with Crippen molar-refractivity contribution in [1.29, 1.82) is 0 Å². The minimum atomic E-state index is -0.415. The van der Waals surface area contributed by atoms with Gasteiger partial charge in [0.25, 0.3) is 5.56 Å². The molecule has 0 fully saturated rings. The van der Waals surface area contributed by atoms with Crippen molar-refractivity contribution in [2.24, 2.45) is 17.8 Å². The number of anilines is 2. The van der Waals surface area contributed by atoms with Gasteiger partial charge in [-0.25, -0.2) is 14.4 Å². The van der Waals surface area contributed by atoms with Gasteiger partial charge in [0.2, 0.25) is 0 Å². The highest BCUT2D eigenvalue weighted by molar-refractivity contribution is 5.90. The molecule has 0 radical (unpaired) electrons. The molecule has 0 saturated heterocycles. The lowest BCUT2D eigenvalue weighted by Crippen LogP contribution is -2.29. The van der Waals surface area contributed by atoms with Crippen molar-refractivity contribution in [2.45, 2.75) is 47.1 Å². The fourth-order valence-corrected chi connectivity index (χ4v) is 2.97. The molecule has 0 unspecified atom stereocenters. The van der Waals surface area contributed by atoms with Gasteiger partial charge in [0.05, 0.1) is 41.5 Å². The lowest BCUT2D eigenvalue weighted by Gasteiger charge is -2.29. The van der Waals surface area contributed by atoms with Gasteiger partial charge in [-0.15, -0.1) is 0 Å². The maximum Gasteiger partial charge on any atom is 0.254 e. The van der Waals surface area contributed by atoms with Crippen LogP contribution in [0.15, 0.2) is 40.6 Å². The van der Waals surface area contributed by atoms with Crippen molar-refractivity contribution in [3.63, 3.8) is 0 Å². The van der Waals surface area contributed by atoms with Gasteiger partial charge in [0.15, 0.2) is 0 Å². The molecule has 2 aromatic rings. The molecule has 3 rings (SSSR count). The van der Waals surface area contributed by atoms with Gasteiger partial charge in [-0.05, 0) is 52.4 Å². The number of hydroxylamine groups is 2. The number of aromatic nitrogens is 1. The molecule has 0 aliphatic carbocycles. The van der Waals surface area contributed by atoms with E-state index in [0.29, 0.717) is 36.0 Å². The molecule has 0 bridgehead atoms.